The predicted molar refractivity (Wildman–Crippen MR) is 130 cm³/mol. The number of halogens is 2. The summed E-state index contributed by atoms with van der Waals surface area (Å²) in [5, 5.41) is 10.8. The van der Waals surface area contributed by atoms with Gasteiger partial charge in [0, 0.05) is 16.5 Å². The maximum atomic E-state index is 12.2. The number of nitriles is 1. The molecule has 3 rings (SSSR count). The van der Waals surface area contributed by atoms with Gasteiger partial charge in [0.1, 0.15) is 5.75 Å². The molecule has 0 aromatic heterocycles. The van der Waals surface area contributed by atoms with Crippen molar-refractivity contribution in [3.05, 3.63) is 87.9 Å². The molecule has 0 radical (unpaired) electrons. The van der Waals surface area contributed by atoms with Crippen LogP contribution in [0.3, 0.4) is 0 Å². The number of carbonyl (C=O) groups excluding carboxylic acids is 1. The van der Waals surface area contributed by atoms with Gasteiger partial charge in [-0.1, -0.05) is 41.4 Å². The van der Waals surface area contributed by atoms with Crippen LogP contribution in [0.5, 0.6) is 17.2 Å². The van der Waals surface area contributed by atoms with Gasteiger partial charge in [-0.25, -0.2) is 0 Å². The fourth-order valence-corrected chi connectivity index (χ4v) is 3.20. The van der Waals surface area contributed by atoms with E-state index >= 15 is 0 Å². The summed E-state index contributed by atoms with van der Waals surface area (Å²) >= 11 is 11.8. The van der Waals surface area contributed by atoms with E-state index in [1.165, 1.54) is 7.11 Å². The monoisotopic (exact) mass is 481 g/mol. The summed E-state index contributed by atoms with van der Waals surface area (Å²) in [6, 6.07) is 21.3. The summed E-state index contributed by atoms with van der Waals surface area (Å²) < 4.78 is 16.4. The molecule has 0 aliphatic heterocycles. The highest BCUT2D eigenvalue weighted by atomic mass is 35.5. The van der Waals surface area contributed by atoms with Crippen molar-refractivity contribution >= 4 is 40.8 Å². The van der Waals surface area contributed by atoms with Crippen LogP contribution < -0.4 is 14.2 Å². The van der Waals surface area contributed by atoms with Crippen molar-refractivity contribution < 1.29 is 19.0 Å². The van der Waals surface area contributed by atoms with Crippen molar-refractivity contribution in [2.45, 2.75) is 12.8 Å². The lowest BCUT2D eigenvalue weighted by Crippen LogP contribution is -2.10. The molecule has 0 saturated carbocycles. The molecule has 0 bridgehead atoms. The van der Waals surface area contributed by atoms with E-state index in [2.05, 4.69) is 6.07 Å². The van der Waals surface area contributed by atoms with E-state index in [-0.39, 0.29) is 6.42 Å². The standard InChI is InChI=1S/C26H21Cl2NO4/c1-31-25-16-18(15-20(17-29)19-5-7-21(27)8-6-19)4-13-24(25)33-26(30)3-2-14-32-23-11-9-22(28)10-12-23/h4-13,15-16H,2-3,14H2,1H3/b20-15+. The van der Waals surface area contributed by atoms with Gasteiger partial charge in [0.25, 0.3) is 0 Å². The maximum Gasteiger partial charge on any atom is 0.311 e. The van der Waals surface area contributed by atoms with Crippen LogP contribution in [-0.2, 0) is 4.79 Å². The second-order valence-electron chi connectivity index (χ2n) is 6.97. The highest BCUT2D eigenvalue weighted by Gasteiger charge is 2.11. The number of esters is 1. The zero-order valence-electron chi connectivity index (χ0n) is 17.9. The van der Waals surface area contributed by atoms with Crippen molar-refractivity contribution in [1.82, 2.24) is 0 Å². The van der Waals surface area contributed by atoms with Gasteiger partial charge in [0.05, 0.1) is 25.4 Å². The summed E-state index contributed by atoms with van der Waals surface area (Å²) in [5.74, 6) is 0.995. The first-order valence-electron chi connectivity index (χ1n) is 10.1. The molecule has 0 saturated heterocycles. The average Bonchev–Trinajstić information content (AvgIpc) is 2.83. The van der Waals surface area contributed by atoms with Crippen LogP contribution in [0.15, 0.2) is 66.7 Å². The van der Waals surface area contributed by atoms with Crippen LogP contribution in [0.4, 0.5) is 0 Å². The number of carbonyl (C=O) groups is 1. The van der Waals surface area contributed by atoms with E-state index in [0.29, 0.717) is 45.9 Å². The Hall–Kier alpha value is -3.46. The Balaban J connectivity index is 1.59. The quantitative estimate of drug-likeness (QED) is 0.110. The zero-order chi connectivity index (χ0) is 23.6. The van der Waals surface area contributed by atoms with Crippen molar-refractivity contribution in [2.24, 2.45) is 0 Å². The van der Waals surface area contributed by atoms with Gasteiger partial charge in [-0.3, -0.25) is 4.79 Å². The third kappa shape index (κ3) is 7.28. The van der Waals surface area contributed by atoms with Crippen LogP contribution in [0, 0.1) is 11.3 Å². The van der Waals surface area contributed by atoms with Gasteiger partial charge in [0.15, 0.2) is 11.5 Å². The highest BCUT2D eigenvalue weighted by molar-refractivity contribution is 6.30. The van der Waals surface area contributed by atoms with Crippen LogP contribution >= 0.6 is 23.2 Å². The smallest absolute Gasteiger partial charge is 0.311 e. The number of ether oxygens (including phenoxy) is 3. The molecule has 3 aromatic rings. The lowest BCUT2D eigenvalue weighted by Gasteiger charge is -2.11. The van der Waals surface area contributed by atoms with E-state index in [1.807, 2.05) is 0 Å². The number of methoxy groups -OCH3 is 1. The summed E-state index contributed by atoms with van der Waals surface area (Å²) in [4.78, 5) is 12.2. The topological polar surface area (TPSA) is 68.5 Å². The van der Waals surface area contributed by atoms with Crippen molar-refractivity contribution in [3.8, 4) is 23.3 Å². The summed E-state index contributed by atoms with van der Waals surface area (Å²) in [6.07, 6.45) is 2.41. The zero-order valence-corrected chi connectivity index (χ0v) is 19.4. The van der Waals surface area contributed by atoms with Gasteiger partial charge >= 0.3 is 5.97 Å². The van der Waals surface area contributed by atoms with E-state index in [0.717, 1.165) is 11.1 Å². The molecule has 33 heavy (non-hydrogen) atoms. The SMILES string of the molecule is COc1cc(/C=C(\C#N)c2ccc(Cl)cc2)ccc1OC(=O)CCCOc1ccc(Cl)cc1. The molecule has 0 N–H and O–H groups in total. The lowest BCUT2D eigenvalue weighted by atomic mass is 10.0. The molecule has 7 heteroatoms. The fourth-order valence-electron chi connectivity index (χ4n) is 2.95. The Labute approximate surface area is 202 Å². The van der Waals surface area contributed by atoms with Crippen LogP contribution in [0.2, 0.25) is 10.0 Å². The number of rotatable bonds is 9. The minimum absolute atomic E-state index is 0.188. The highest BCUT2D eigenvalue weighted by Crippen LogP contribution is 2.30. The first-order chi connectivity index (χ1) is 16.0. The first-order valence-corrected chi connectivity index (χ1v) is 10.9. The van der Waals surface area contributed by atoms with Gasteiger partial charge in [-0.2, -0.15) is 5.26 Å². The number of allylic oxidation sites excluding steroid dienone is 1. The Morgan fingerprint density at radius 3 is 2.27 bits per heavy atom. The summed E-state index contributed by atoms with van der Waals surface area (Å²) in [6.45, 7) is 0.374. The predicted octanol–water partition coefficient (Wildman–Crippen LogP) is 6.83. The molecule has 0 aliphatic carbocycles. The molecule has 168 valence electrons. The van der Waals surface area contributed by atoms with Crippen molar-refractivity contribution in [2.75, 3.05) is 13.7 Å². The molecule has 0 fully saturated rings. The van der Waals surface area contributed by atoms with Gasteiger partial charge in [-0.05, 0) is 72.2 Å². The third-order valence-corrected chi connectivity index (χ3v) is 5.11. The maximum absolute atomic E-state index is 12.2. The number of nitrogens with zero attached hydrogens (tertiary/aromatic N) is 1. The minimum Gasteiger partial charge on any atom is -0.494 e. The minimum atomic E-state index is -0.393. The Morgan fingerprint density at radius 1 is 0.970 bits per heavy atom. The van der Waals surface area contributed by atoms with Crippen molar-refractivity contribution in [3.63, 3.8) is 0 Å². The van der Waals surface area contributed by atoms with Gasteiger partial charge in [0.2, 0.25) is 0 Å². The molecule has 0 spiro atoms. The van der Waals surface area contributed by atoms with Crippen LogP contribution in [0.1, 0.15) is 24.0 Å². The molecular formula is C26H21Cl2NO4. The van der Waals surface area contributed by atoms with Crippen LogP contribution in [0.25, 0.3) is 11.6 Å². The second kappa shape index (κ2) is 12.0. The van der Waals surface area contributed by atoms with E-state index in [9.17, 15) is 10.1 Å². The molecular weight excluding hydrogens is 461 g/mol. The molecule has 3 aromatic carbocycles. The second-order valence-corrected chi connectivity index (χ2v) is 7.84. The molecule has 5 nitrogen and oxygen atoms in total. The van der Waals surface area contributed by atoms with E-state index in [4.69, 9.17) is 37.4 Å². The number of hydrogen-bond acceptors (Lipinski definition) is 5. The number of benzene rings is 3. The normalized spacial score (nSPS) is 10.9. The van der Waals surface area contributed by atoms with E-state index in [1.54, 1.807) is 72.8 Å². The summed E-state index contributed by atoms with van der Waals surface area (Å²) in [7, 11) is 1.49. The average molecular weight is 482 g/mol. The fraction of sp³-hybridized carbons (Fsp3) is 0.154. The Morgan fingerprint density at radius 2 is 1.64 bits per heavy atom. The Kier molecular flexibility index (Phi) is 8.77. The Bertz CT molecular complexity index is 1170. The van der Waals surface area contributed by atoms with Crippen molar-refractivity contribution in [1.29, 1.82) is 5.26 Å². The largest absolute Gasteiger partial charge is 0.494 e. The first kappa shape index (κ1) is 24.2. The number of hydrogen-bond donors (Lipinski definition) is 0. The molecule has 0 amide bonds. The molecule has 0 atom stereocenters. The van der Waals surface area contributed by atoms with E-state index < -0.39 is 5.97 Å². The third-order valence-electron chi connectivity index (χ3n) is 4.61. The van der Waals surface area contributed by atoms with Gasteiger partial charge < -0.3 is 14.2 Å². The molecule has 0 unspecified atom stereocenters. The lowest BCUT2D eigenvalue weighted by molar-refractivity contribution is -0.134. The molecule has 0 heterocycles. The van der Waals surface area contributed by atoms with Crippen LogP contribution in [-0.4, -0.2) is 19.7 Å². The summed E-state index contributed by atoms with van der Waals surface area (Å²) in [5.41, 5.74) is 1.95. The van der Waals surface area contributed by atoms with Gasteiger partial charge in [-0.15, -0.1) is 0 Å². The molecule has 0 aliphatic rings.